The first kappa shape index (κ1) is 15.6. The highest BCUT2D eigenvalue weighted by molar-refractivity contribution is 8.16. The molecule has 0 radical (unpaired) electrons. The maximum atomic E-state index is 11.9. The summed E-state index contributed by atoms with van der Waals surface area (Å²) in [6.45, 7) is 1.94. The van der Waals surface area contributed by atoms with E-state index in [9.17, 15) is 13.2 Å². The molecule has 0 bridgehead atoms. The molecule has 2 atom stereocenters. The van der Waals surface area contributed by atoms with E-state index in [1.807, 2.05) is 42.2 Å². The second kappa shape index (κ2) is 6.04. The standard InChI is InChI=1S/C15H18N2O3S2/c1-2-6-14(18)16-15-17(11-7-4-3-5-8-11)12-9-22(19,20)10-13(12)21-15/h3-5,7-8,12-13H,2,6,9-10H2,1H3. The maximum Gasteiger partial charge on any atom is 0.248 e. The molecule has 22 heavy (non-hydrogen) atoms. The fraction of sp³-hybridized carbons (Fsp3) is 0.467. The summed E-state index contributed by atoms with van der Waals surface area (Å²) in [6.07, 6.45) is 1.17. The van der Waals surface area contributed by atoms with Crippen LogP contribution in [0.1, 0.15) is 19.8 Å². The zero-order chi connectivity index (χ0) is 15.7. The molecule has 1 aromatic carbocycles. The number of amides is 1. The van der Waals surface area contributed by atoms with Gasteiger partial charge in [-0.15, -0.1) is 0 Å². The van der Waals surface area contributed by atoms with Crippen LogP contribution < -0.4 is 4.90 Å². The van der Waals surface area contributed by atoms with Gasteiger partial charge >= 0.3 is 0 Å². The first-order chi connectivity index (χ1) is 10.5. The van der Waals surface area contributed by atoms with Gasteiger partial charge in [0.15, 0.2) is 15.0 Å². The van der Waals surface area contributed by atoms with Crippen molar-refractivity contribution in [2.24, 2.45) is 4.99 Å². The molecule has 2 fully saturated rings. The van der Waals surface area contributed by atoms with E-state index < -0.39 is 9.84 Å². The Hall–Kier alpha value is -1.34. The molecule has 3 rings (SSSR count). The fourth-order valence-corrected chi connectivity index (χ4v) is 6.76. The number of sulfone groups is 1. The molecule has 0 aromatic heterocycles. The minimum absolute atomic E-state index is 0.0432. The average Bonchev–Trinajstić information content (AvgIpc) is 2.91. The van der Waals surface area contributed by atoms with E-state index in [4.69, 9.17) is 0 Å². The number of hydrogen-bond donors (Lipinski definition) is 0. The van der Waals surface area contributed by atoms with Crippen LogP contribution in [0.15, 0.2) is 35.3 Å². The molecule has 2 heterocycles. The number of carbonyl (C=O) groups is 1. The highest BCUT2D eigenvalue weighted by atomic mass is 32.2. The highest BCUT2D eigenvalue weighted by Gasteiger charge is 2.49. The molecule has 2 unspecified atom stereocenters. The summed E-state index contributed by atoms with van der Waals surface area (Å²) < 4.78 is 23.8. The molecular formula is C15H18N2O3S2. The van der Waals surface area contributed by atoms with Crippen molar-refractivity contribution in [1.82, 2.24) is 0 Å². The maximum absolute atomic E-state index is 11.9. The third-order valence-corrected chi connectivity index (χ3v) is 6.99. The zero-order valence-electron chi connectivity index (χ0n) is 12.3. The Kier molecular flexibility index (Phi) is 4.27. The topological polar surface area (TPSA) is 66.8 Å². The number of rotatable bonds is 3. The van der Waals surface area contributed by atoms with Gasteiger partial charge in [-0.25, -0.2) is 8.42 Å². The van der Waals surface area contributed by atoms with E-state index in [0.717, 1.165) is 12.1 Å². The first-order valence-electron chi connectivity index (χ1n) is 7.33. The van der Waals surface area contributed by atoms with Gasteiger partial charge in [0.2, 0.25) is 5.91 Å². The minimum atomic E-state index is -3.01. The normalized spacial score (nSPS) is 28.0. The van der Waals surface area contributed by atoms with Crippen molar-refractivity contribution < 1.29 is 13.2 Å². The van der Waals surface area contributed by atoms with Crippen molar-refractivity contribution >= 4 is 38.4 Å². The van der Waals surface area contributed by atoms with Gasteiger partial charge in [-0.05, 0) is 18.6 Å². The van der Waals surface area contributed by atoms with Gasteiger partial charge < -0.3 is 4.90 Å². The van der Waals surface area contributed by atoms with Crippen molar-refractivity contribution in [3.63, 3.8) is 0 Å². The van der Waals surface area contributed by atoms with Crippen LogP contribution in [0.5, 0.6) is 0 Å². The molecule has 2 saturated heterocycles. The molecular weight excluding hydrogens is 320 g/mol. The van der Waals surface area contributed by atoms with E-state index >= 15 is 0 Å². The van der Waals surface area contributed by atoms with E-state index in [0.29, 0.717) is 11.6 Å². The second-order valence-electron chi connectivity index (χ2n) is 5.54. The third-order valence-electron chi connectivity index (χ3n) is 3.79. The molecule has 0 N–H and O–H groups in total. The number of benzene rings is 1. The van der Waals surface area contributed by atoms with Gasteiger partial charge in [0.05, 0.1) is 17.5 Å². The lowest BCUT2D eigenvalue weighted by Gasteiger charge is -2.24. The van der Waals surface area contributed by atoms with Gasteiger partial charge in [-0.1, -0.05) is 36.9 Å². The quantitative estimate of drug-likeness (QED) is 0.844. The van der Waals surface area contributed by atoms with Crippen LogP contribution in [0.2, 0.25) is 0 Å². The van der Waals surface area contributed by atoms with E-state index in [1.54, 1.807) is 0 Å². The van der Waals surface area contributed by atoms with Gasteiger partial charge in [-0.3, -0.25) is 4.79 Å². The molecule has 7 heteroatoms. The number of hydrogen-bond acceptors (Lipinski definition) is 4. The van der Waals surface area contributed by atoms with Crippen LogP contribution in [0, 0.1) is 0 Å². The average molecular weight is 338 g/mol. The molecule has 1 aromatic rings. The summed E-state index contributed by atoms with van der Waals surface area (Å²) in [5.41, 5.74) is 0.891. The molecule has 5 nitrogen and oxygen atoms in total. The van der Waals surface area contributed by atoms with E-state index in [-0.39, 0.29) is 28.7 Å². The van der Waals surface area contributed by atoms with Crippen LogP contribution in [0.25, 0.3) is 0 Å². The number of thioether (sulfide) groups is 1. The molecule has 1 amide bonds. The number of anilines is 1. The summed E-state index contributed by atoms with van der Waals surface area (Å²) in [4.78, 5) is 18.0. The summed E-state index contributed by atoms with van der Waals surface area (Å²) >= 11 is 1.42. The Morgan fingerprint density at radius 1 is 1.32 bits per heavy atom. The molecule has 118 valence electrons. The second-order valence-corrected chi connectivity index (χ2v) is 8.90. The number of nitrogens with zero attached hydrogens (tertiary/aromatic N) is 2. The van der Waals surface area contributed by atoms with Crippen molar-refractivity contribution in [3.8, 4) is 0 Å². The molecule has 0 aliphatic carbocycles. The van der Waals surface area contributed by atoms with Crippen LogP contribution in [0.4, 0.5) is 5.69 Å². The lowest BCUT2D eigenvalue weighted by Crippen LogP contribution is -2.37. The fourth-order valence-electron chi connectivity index (χ4n) is 2.83. The van der Waals surface area contributed by atoms with Gasteiger partial charge in [0, 0.05) is 17.4 Å². The third kappa shape index (κ3) is 3.05. The van der Waals surface area contributed by atoms with Gasteiger partial charge in [0.25, 0.3) is 0 Å². The SMILES string of the molecule is CCCC(=O)N=C1SC2CS(=O)(=O)CC2N1c1ccccc1. The minimum Gasteiger partial charge on any atom is -0.316 e. The van der Waals surface area contributed by atoms with E-state index in [1.165, 1.54) is 11.8 Å². The Bertz CT molecular complexity index is 701. The largest absolute Gasteiger partial charge is 0.316 e. The number of carbonyl (C=O) groups excluding carboxylic acids is 1. The smallest absolute Gasteiger partial charge is 0.248 e. The Labute approximate surface area is 134 Å². The lowest BCUT2D eigenvalue weighted by molar-refractivity contribution is -0.117. The van der Waals surface area contributed by atoms with Crippen LogP contribution >= 0.6 is 11.8 Å². The van der Waals surface area contributed by atoms with Crippen molar-refractivity contribution in [3.05, 3.63) is 30.3 Å². The molecule has 2 aliphatic heterocycles. The van der Waals surface area contributed by atoms with Crippen molar-refractivity contribution in [2.75, 3.05) is 16.4 Å². The van der Waals surface area contributed by atoms with Gasteiger partial charge in [0.1, 0.15) is 0 Å². The molecule has 0 spiro atoms. The predicted molar refractivity (Wildman–Crippen MR) is 90.1 cm³/mol. The molecule has 2 aliphatic rings. The van der Waals surface area contributed by atoms with Crippen molar-refractivity contribution in [1.29, 1.82) is 0 Å². The van der Waals surface area contributed by atoms with Crippen LogP contribution in [-0.2, 0) is 14.6 Å². The number of fused-ring (bicyclic) bond motifs is 1. The summed E-state index contributed by atoms with van der Waals surface area (Å²) in [5.74, 6) is 0.140. The molecule has 0 saturated carbocycles. The first-order valence-corrected chi connectivity index (χ1v) is 10.0. The zero-order valence-corrected chi connectivity index (χ0v) is 13.9. The Morgan fingerprint density at radius 3 is 2.73 bits per heavy atom. The predicted octanol–water partition coefficient (Wildman–Crippen LogP) is 2.09. The van der Waals surface area contributed by atoms with Gasteiger partial charge in [-0.2, -0.15) is 4.99 Å². The summed E-state index contributed by atoms with van der Waals surface area (Å²) in [6, 6.07) is 9.44. The van der Waals surface area contributed by atoms with E-state index in [2.05, 4.69) is 4.99 Å². The Morgan fingerprint density at radius 2 is 2.05 bits per heavy atom. The number of para-hydroxylation sites is 1. The van der Waals surface area contributed by atoms with Crippen LogP contribution in [-0.4, -0.2) is 42.3 Å². The Balaban J connectivity index is 1.96. The summed E-state index contributed by atoms with van der Waals surface area (Å²) in [5, 5.41) is 0.591. The number of amidine groups is 1. The highest BCUT2D eigenvalue weighted by Crippen LogP contribution is 2.40. The van der Waals surface area contributed by atoms with Crippen molar-refractivity contribution in [2.45, 2.75) is 31.1 Å². The summed E-state index contributed by atoms with van der Waals surface area (Å²) in [7, 11) is -3.01. The lowest BCUT2D eigenvalue weighted by atomic mass is 10.2. The monoisotopic (exact) mass is 338 g/mol. The van der Waals surface area contributed by atoms with Crippen LogP contribution in [0.3, 0.4) is 0 Å². The number of aliphatic imine (C=N–C) groups is 1.